The summed E-state index contributed by atoms with van der Waals surface area (Å²) in [6.07, 6.45) is 4.48. The van der Waals surface area contributed by atoms with Gasteiger partial charge in [0.05, 0.1) is 6.54 Å². The maximum absolute atomic E-state index is 8.55. The first-order chi connectivity index (χ1) is 6.93. The molecule has 0 bridgehead atoms. The minimum atomic E-state index is 0. The van der Waals surface area contributed by atoms with Gasteiger partial charge in [-0.25, -0.2) is 4.98 Å². The number of thioether (sulfide) groups is 1. The van der Waals surface area contributed by atoms with E-state index in [0.29, 0.717) is 6.61 Å². The molecule has 0 aliphatic carbocycles. The number of rotatable bonds is 8. The number of aromatic amines is 1. The summed E-state index contributed by atoms with van der Waals surface area (Å²) in [6, 6.07) is 0. The molecule has 0 fully saturated rings. The van der Waals surface area contributed by atoms with E-state index in [9.17, 15) is 0 Å². The minimum Gasteiger partial charge on any atom is -0.396 e. The molecular weight excluding hydrogens is 234 g/mol. The lowest BCUT2D eigenvalue weighted by Gasteiger charge is -2.02. The van der Waals surface area contributed by atoms with Gasteiger partial charge < -0.3 is 15.4 Å². The lowest BCUT2D eigenvalue weighted by atomic mass is 10.5. The molecule has 0 spiro atoms. The predicted molar refractivity (Wildman–Crippen MR) is 66.6 cm³/mol. The fourth-order valence-corrected chi connectivity index (χ4v) is 1.84. The van der Waals surface area contributed by atoms with Crippen LogP contribution in [-0.2, 0) is 6.54 Å². The maximum Gasteiger partial charge on any atom is 0.120 e. The van der Waals surface area contributed by atoms with E-state index in [1.165, 1.54) is 0 Å². The second kappa shape index (κ2) is 10.3. The molecule has 4 nitrogen and oxygen atoms in total. The van der Waals surface area contributed by atoms with Crippen molar-refractivity contribution >= 4 is 24.2 Å². The summed E-state index contributed by atoms with van der Waals surface area (Å²) in [6.45, 7) is 2.08. The molecule has 1 rings (SSSR count). The Labute approximate surface area is 101 Å². The molecule has 0 saturated heterocycles. The highest BCUT2D eigenvalue weighted by Gasteiger charge is 1.93. The van der Waals surface area contributed by atoms with Gasteiger partial charge in [-0.1, -0.05) is 0 Å². The lowest BCUT2D eigenvalue weighted by Crippen LogP contribution is -2.17. The van der Waals surface area contributed by atoms with E-state index in [4.69, 9.17) is 5.11 Å². The lowest BCUT2D eigenvalue weighted by molar-refractivity contribution is 0.296. The third-order valence-electron chi connectivity index (χ3n) is 1.72. The van der Waals surface area contributed by atoms with E-state index >= 15 is 0 Å². The number of nitrogens with zero attached hydrogens (tertiary/aromatic N) is 1. The first kappa shape index (κ1) is 14.8. The summed E-state index contributed by atoms with van der Waals surface area (Å²) >= 11 is 1.86. The number of halogens is 1. The molecule has 1 aromatic rings. The SMILES string of the molecule is Cl.OCCCSCCNCc1ncc[nH]1. The molecule has 0 amide bonds. The van der Waals surface area contributed by atoms with Crippen LogP contribution >= 0.6 is 24.2 Å². The number of aliphatic hydroxyl groups is 1. The van der Waals surface area contributed by atoms with Crippen LogP contribution in [0.15, 0.2) is 12.4 Å². The van der Waals surface area contributed by atoms with Gasteiger partial charge in [-0.15, -0.1) is 12.4 Å². The van der Waals surface area contributed by atoms with Gasteiger partial charge in [-0.05, 0) is 12.2 Å². The van der Waals surface area contributed by atoms with Crippen molar-refractivity contribution in [3.8, 4) is 0 Å². The minimum absolute atomic E-state index is 0. The number of nitrogens with one attached hydrogen (secondary N) is 2. The molecule has 0 atom stereocenters. The van der Waals surface area contributed by atoms with Crippen LogP contribution in [0.3, 0.4) is 0 Å². The Morgan fingerprint density at radius 3 is 3.00 bits per heavy atom. The van der Waals surface area contributed by atoms with E-state index in [1.54, 1.807) is 6.20 Å². The number of imidazole rings is 1. The van der Waals surface area contributed by atoms with Crippen LogP contribution in [-0.4, -0.2) is 39.7 Å². The van der Waals surface area contributed by atoms with Gasteiger partial charge in [0.2, 0.25) is 0 Å². The fraction of sp³-hybridized carbons (Fsp3) is 0.667. The first-order valence-corrected chi connectivity index (χ1v) is 5.96. The van der Waals surface area contributed by atoms with E-state index in [1.807, 2.05) is 18.0 Å². The van der Waals surface area contributed by atoms with Crippen LogP contribution in [0.25, 0.3) is 0 Å². The Balaban J connectivity index is 0.00000196. The van der Waals surface area contributed by atoms with Crippen molar-refractivity contribution in [2.75, 3.05) is 24.7 Å². The third kappa shape index (κ3) is 7.67. The number of aliphatic hydroxyl groups excluding tert-OH is 1. The molecule has 6 heteroatoms. The average molecular weight is 252 g/mol. The van der Waals surface area contributed by atoms with Crippen molar-refractivity contribution in [2.24, 2.45) is 0 Å². The number of hydrogen-bond donors (Lipinski definition) is 3. The smallest absolute Gasteiger partial charge is 0.120 e. The predicted octanol–water partition coefficient (Wildman–Crippen LogP) is 1.04. The molecule has 3 N–H and O–H groups in total. The molecule has 1 heterocycles. The van der Waals surface area contributed by atoms with Crippen LogP contribution in [0.1, 0.15) is 12.2 Å². The Morgan fingerprint density at radius 2 is 2.33 bits per heavy atom. The highest BCUT2D eigenvalue weighted by atomic mass is 35.5. The van der Waals surface area contributed by atoms with Gasteiger partial charge >= 0.3 is 0 Å². The first-order valence-electron chi connectivity index (χ1n) is 4.81. The molecule has 0 radical (unpaired) electrons. The zero-order valence-corrected chi connectivity index (χ0v) is 10.2. The maximum atomic E-state index is 8.55. The summed E-state index contributed by atoms with van der Waals surface area (Å²) in [5, 5.41) is 11.8. The summed E-state index contributed by atoms with van der Waals surface area (Å²) in [4.78, 5) is 7.14. The molecule has 0 aliphatic heterocycles. The van der Waals surface area contributed by atoms with Gasteiger partial charge in [0.25, 0.3) is 0 Å². The monoisotopic (exact) mass is 251 g/mol. The number of hydrogen-bond acceptors (Lipinski definition) is 4. The van der Waals surface area contributed by atoms with Gasteiger partial charge in [0.15, 0.2) is 0 Å². The van der Waals surface area contributed by atoms with Crippen LogP contribution in [0.5, 0.6) is 0 Å². The average Bonchev–Trinajstić information content (AvgIpc) is 2.69. The summed E-state index contributed by atoms with van der Waals surface area (Å²) in [7, 11) is 0. The molecule has 0 saturated carbocycles. The Kier molecular flexibility index (Phi) is 10.1. The highest BCUT2D eigenvalue weighted by molar-refractivity contribution is 7.99. The van der Waals surface area contributed by atoms with Crippen LogP contribution < -0.4 is 5.32 Å². The standard InChI is InChI=1S/C9H17N3OS.ClH/c13-5-1-6-14-7-4-10-8-9-11-2-3-12-9;/h2-3,10,13H,1,4-8H2,(H,11,12);1H. The van der Waals surface area contributed by atoms with Crippen molar-refractivity contribution in [3.63, 3.8) is 0 Å². The largest absolute Gasteiger partial charge is 0.396 e. The van der Waals surface area contributed by atoms with E-state index in [0.717, 1.165) is 36.8 Å². The molecular formula is C9H18ClN3OS. The second-order valence-corrected chi connectivity index (χ2v) is 4.13. The zero-order valence-electron chi connectivity index (χ0n) is 8.61. The van der Waals surface area contributed by atoms with Crippen LogP contribution in [0, 0.1) is 0 Å². The van der Waals surface area contributed by atoms with E-state index in [2.05, 4.69) is 15.3 Å². The quantitative estimate of drug-likeness (QED) is 0.604. The van der Waals surface area contributed by atoms with Gasteiger partial charge in [0.1, 0.15) is 5.82 Å². The van der Waals surface area contributed by atoms with E-state index in [-0.39, 0.29) is 12.4 Å². The molecule has 15 heavy (non-hydrogen) atoms. The van der Waals surface area contributed by atoms with Crippen molar-refractivity contribution in [1.82, 2.24) is 15.3 Å². The van der Waals surface area contributed by atoms with Gasteiger partial charge in [-0.3, -0.25) is 0 Å². The number of H-pyrrole nitrogens is 1. The summed E-state index contributed by atoms with van der Waals surface area (Å²) in [5.41, 5.74) is 0. The van der Waals surface area contributed by atoms with E-state index < -0.39 is 0 Å². The molecule has 0 aromatic carbocycles. The Hall–Kier alpha value is -0.230. The second-order valence-electron chi connectivity index (χ2n) is 2.90. The fourth-order valence-electron chi connectivity index (χ4n) is 1.01. The molecule has 0 aliphatic rings. The van der Waals surface area contributed by atoms with Crippen molar-refractivity contribution in [1.29, 1.82) is 0 Å². The normalized spacial score (nSPS) is 9.93. The Bertz CT molecular complexity index is 221. The third-order valence-corrected chi connectivity index (χ3v) is 2.79. The van der Waals surface area contributed by atoms with Crippen molar-refractivity contribution < 1.29 is 5.11 Å². The molecule has 1 aromatic heterocycles. The topological polar surface area (TPSA) is 60.9 Å². The van der Waals surface area contributed by atoms with Gasteiger partial charge in [0, 0.05) is 31.3 Å². The zero-order chi connectivity index (χ0) is 10.1. The Morgan fingerprint density at radius 1 is 1.47 bits per heavy atom. The van der Waals surface area contributed by atoms with Crippen LogP contribution in [0.4, 0.5) is 0 Å². The number of aromatic nitrogens is 2. The highest BCUT2D eigenvalue weighted by Crippen LogP contribution is 2.00. The van der Waals surface area contributed by atoms with Gasteiger partial charge in [-0.2, -0.15) is 11.8 Å². The molecule has 88 valence electrons. The van der Waals surface area contributed by atoms with Crippen molar-refractivity contribution in [3.05, 3.63) is 18.2 Å². The summed E-state index contributed by atoms with van der Waals surface area (Å²) < 4.78 is 0. The van der Waals surface area contributed by atoms with Crippen LogP contribution in [0.2, 0.25) is 0 Å². The summed E-state index contributed by atoms with van der Waals surface area (Å²) in [5.74, 6) is 3.10. The van der Waals surface area contributed by atoms with Crippen molar-refractivity contribution in [2.45, 2.75) is 13.0 Å². The molecule has 0 unspecified atom stereocenters.